The molecule has 0 aliphatic carbocycles. The SMILES string of the molecule is CCOc1ccc(-c2ccnc(N3CCN(CC)CC3)n2)cc1C(=O)O. The summed E-state index contributed by atoms with van der Waals surface area (Å²) in [6, 6.07) is 6.92. The zero-order valence-corrected chi connectivity index (χ0v) is 15.2. The van der Waals surface area contributed by atoms with E-state index in [1.807, 2.05) is 13.0 Å². The number of hydrogen-bond donors (Lipinski definition) is 1. The molecule has 0 radical (unpaired) electrons. The maximum absolute atomic E-state index is 11.5. The molecule has 138 valence electrons. The molecular weight excluding hydrogens is 332 g/mol. The predicted octanol–water partition coefficient (Wildman–Crippen LogP) is 2.38. The summed E-state index contributed by atoms with van der Waals surface area (Å²) in [6.07, 6.45) is 1.72. The third kappa shape index (κ3) is 3.94. The summed E-state index contributed by atoms with van der Waals surface area (Å²) in [5.74, 6) is 0.0398. The molecule has 2 aromatic rings. The maximum Gasteiger partial charge on any atom is 0.339 e. The average Bonchev–Trinajstić information content (AvgIpc) is 2.68. The lowest BCUT2D eigenvalue weighted by Crippen LogP contribution is -2.46. The zero-order valence-electron chi connectivity index (χ0n) is 15.2. The Morgan fingerprint density at radius 2 is 1.96 bits per heavy atom. The van der Waals surface area contributed by atoms with Crippen molar-refractivity contribution in [2.45, 2.75) is 13.8 Å². The van der Waals surface area contributed by atoms with Gasteiger partial charge in [-0.2, -0.15) is 0 Å². The van der Waals surface area contributed by atoms with Crippen LogP contribution in [0.2, 0.25) is 0 Å². The highest BCUT2D eigenvalue weighted by atomic mass is 16.5. The molecule has 7 heteroatoms. The first kappa shape index (κ1) is 18.1. The highest BCUT2D eigenvalue weighted by Crippen LogP contribution is 2.27. The molecular formula is C19H24N4O3. The van der Waals surface area contributed by atoms with Crippen LogP contribution in [-0.2, 0) is 0 Å². The molecule has 0 unspecified atom stereocenters. The number of likely N-dealkylation sites (N-methyl/N-ethyl adjacent to an activating group) is 1. The van der Waals surface area contributed by atoms with E-state index >= 15 is 0 Å². The van der Waals surface area contributed by atoms with Crippen molar-refractivity contribution >= 4 is 11.9 Å². The van der Waals surface area contributed by atoms with E-state index in [-0.39, 0.29) is 5.56 Å². The summed E-state index contributed by atoms with van der Waals surface area (Å²) in [4.78, 5) is 25.1. The van der Waals surface area contributed by atoms with E-state index in [0.29, 0.717) is 24.0 Å². The van der Waals surface area contributed by atoms with Crippen molar-refractivity contribution < 1.29 is 14.6 Å². The van der Waals surface area contributed by atoms with Gasteiger partial charge in [0.1, 0.15) is 11.3 Å². The van der Waals surface area contributed by atoms with Gasteiger partial charge in [-0.15, -0.1) is 0 Å². The summed E-state index contributed by atoms with van der Waals surface area (Å²) in [5, 5.41) is 9.44. The quantitative estimate of drug-likeness (QED) is 0.851. The molecule has 0 spiro atoms. The van der Waals surface area contributed by atoms with Crippen molar-refractivity contribution in [2.75, 3.05) is 44.2 Å². The summed E-state index contributed by atoms with van der Waals surface area (Å²) >= 11 is 0. The average molecular weight is 356 g/mol. The number of rotatable bonds is 6. The highest BCUT2D eigenvalue weighted by Gasteiger charge is 2.19. The van der Waals surface area contributed by atoms with Crippen LogP contribution in [0.25, 0.3) is 11.3 Å². The van der Waals surface area contributed by atoms with Gasteiger partial charge in [-0.1, -0.05) is 6.92 Å². The van der Waals surface area contributed by atoms with Crippen LogP contribution in [0, 0.1) is 0 Å². The largest absolute Gasteiger partial charge is 0.493 e. The smallest absolute Gasteiger partial charge is 0.339 e. The van der Waals surface area contributed by atoms with Crippen LogP contribution in [0.5, 0.6) is 5.75 Å². The summed E-state index contributed by atoms with van der Waals surface area (Å²) in [5.41, 5.74) is 1.58. The standard InChI is InChI=1S/C19H24N4O3/c1-3-22-9-11-23(12-10-22)19-20-8-7-16(21-19)14-5-6-17(26-4-2)15(13-14)18(24)25/h5-8,13H,3-4,9-12H2,1-2H3,(H,24,25). The van der Waals surface area contributed by atoms with E-state index in [0.717, 1.165) is 38.3 Å². The molecule has 0 saturated carbocycles. The van der Waals surface area contributed by atoms with Gasteiger partial charge in [0.2, 0.25) is 5.95 Å². The Kier molecular flexibility index (Phi) is 5.68. The molecule has 1 aromatic heterocycles. The lowest BCUT2D eigenvalue weighted by molar-refractivity contribution is 0.0692. The van der Waals surface area contributed by atoms with Crippen LogP contribution in [-0.4, -0.2) is 65.3 Å². The Balaban J connectivity index is 1.86. The minimum atomic E-state index is -1.01. The van der Waals surface area contributed by atoms with Crippen LogP contribution < -0.4 is 9.64 Å². The number of anilines is 1. The number of hydrogen-bond acceptors (Lipinski definition) is 6. The lowest BCUT2D eigenvalue weighted by atomic mass is 10.1. The second kappa shape index (κ2) is 8.14. The van der Waals surface area contributed by atoms with Gasteiger partial charge >= 0.3 is 5.97 Å². The summed E-state index contributed by atoms with van der Waals surface area (Å²) < 4.78 is 5.40. The molecule has 2 heterocycles. The Morgan fingerprint density at radius 3 is 2.62 bits per heavy atom. The Morgan fingerprint density at radius 1 is 1.19 bits per heavy atom. The number of carbonyl (C=O) groups is 1. The van der Waals surface area contributed by atoms with Crippen LogP contribution in [0.15, 0.2) is 30.5 Å². The molecule has 0 amide bonds. The summed E-state index contributed by atoms with van der Waals surface area (Å²) in [7, 11) is 0. The maximum atomic E-state index is 11.5. The fourth-order valence-corrected chi connectivity index (χ4v) is 3.06. The van der Waals surface area contributed by atoms with Crippen LogP contribution >= 0.6 is 0 Å². The van der Waals surface area contributed by atoms with E-state index in [9.17, 15) is 9.90 Å². The molecule has 1 aliphatic rings. The van der Waals surface area contributed by atoms with Gasteiger partial charge in [-0.05, 0) is 37.7 Å². The molecule has 1 aromatic carbocycles. The third-order valence-corrected chi connectivity index (χ3v) is 4.55. The molecule has 0 atom stereocenters. The van der Waals surface area contributed by atoms with Crippen molar-refractivity contribution in [3.8, 4) is 17.0 Å². The van der Waals surface area contributed by atoms with E-state index in [1.165, 1.54) is 0 Å². The number of piperazine rings is 1. The van der Waals surface area contributed by atoms with Crippen molar-refractivity contribution in [1.82, 2.24) is 14.9 Å². The van der Waals surface area contributed by atoms with E-state index < -0.39 is 5.97 Å². The first-order chi connectivity index (χ1) is 12.6. The predicted molar refractivity (Wildman–Crippen MR) is 99.9 cm³/mol. The van der Waals surface area contributed by atoms with E-state index in [2.05, 4.69) is 26.7 Å². The van der Waals surface area contributed by atoms with Crippen LogP contribution in [0.3, 0.4) is 0 Å². The molecule has 1 fully saturated rings. The minimum Gasteiger partial charge on any atom is -0.493 e. The number of carboxylic acid groups (broad SMARTS) is 1. The van der Waals surface area contributed by atoms with Crippen molar-refractivity contribution in [3.63, 3.8) is 0 Å². The molecule has 3 rings (SSSR count). The van der Waals surface area contributed by atoms with Gasteiger partial charge in [0.25, 0.3) is 0 Å². The highest BCUT2D eigenvalue weighted by molar-refractivity contribution is 5.92. The lowest BCUT2D eigenvalue weighted by Gasteiger charge is -2.34. The van der Waals surface area contributed by atoms with E-state index in [1.54, 1.807) is 24.4 Å². The number of nitrogens with zero attached hydrogens (tertiary/aromatic N) is 4. The van der Waals surface area contributed by atoms with Gasteiger partial charge in [-0.3, -0.25) is 0 Å². The molecule has 1 saturated heterocycles. The summed E-state index contributed by atoms with van der Waals surface area (Å²) in [6.45, 7) is 9.24. The normalized spacial score (nSPS) is 15.1. The molecule has 7 nitrogen and oxygen atoms in total. The fraction of sp³-hybridized carbons (Fsp3) is 0.421. The van der Waals surface area contributed by atoms with Crippen molar-refractivity contribution in [2.24, 2.45) is 0 Å². The van der Waals surface area contributed by atoms with Crippen LogP contribution in [0.1, 0.15) is 24.2 Å². The Bertz CT molecular complexity index is 773. The van der Waals surface area contributed by atoms with Gasteiger partial charge in [0, 0.05) is 37.9 Å². The van der Waals surface area contributed by atoms with Crippen LogP contribution in [0.4, 0.5) is 5.95 Å². The Labute approximate surface area is 153 Å². The third-order valence-electron chi connectivity index (χ3n) is 4.55. The topological polar surface area (TPSA) is 78.8 Å². The number of aromatic nitrogens is 2. The molecule has 26 heavy (non-hydrogen) atoms. The number of carboxylic acids is 1. The van der Waals surface area contributed by atoms with Gasteiger partial charge in [0.15, 0.2) is 0 Å². The number of ether oxygens (including phenoxy) is 1. The number of aromatic carboxylic acids is 1. The second-order valence-electron chi connectivity index (χ2n) is 6.11. The fourth-order valence-electron chi connectivity index (χ4n) is 3.06. The van der Waals surface area contributed by atoms with Crippen molar-refractivity contribution in [3.05, 3.63) is 36.0 Å². The van der Waals surface area contributed by atoms with E-state index in [4.69, 9.17) is 4.74 Å². The molecule has 1 N–H and O–H groups in total. The first-order valence-corrected chi connectivity index (χ1v) is 8.93. The van der Waals surface area contributed by atoms with Crippen molar-refractivity contribution in [1.29, 1.82) is 0 Å². The molecule has 0 bridgehead atoms. The van der Waals surface area contributed by atoms with Gasteiger partial charge < -0.3 is 19.6 Å². The van der Waals surface area contributed by atoms with Gasteiger partial charge in [-0.25, -0.2) is 14.8 Å². The number of benzene rings is 1. The van der Waals surface area contributed by atoms with Gasteiger partial charge in [0.05, 0.1) is 12.3 Å². The first-order valence-electron chi connectivity index (χ1n) is 8.93. The Hall–Kier alpha value is -2.67. The molecule has 1 aliphatic heterocycles. The monoisotopic (exact) mass is 356 g/mol. The minimum absolute atomic E-state index is 0.140. The second-order valence-corrected chi connectivity index (χ2v) is 6.11. The zero-order chi connectivity index (χ0) is 18.5.